The van der Waals surface area contributed by atoms with Gasteiger partial charge in [-0.25, -0.2) is 9.18 Å². The molecule has 0 bridgehead atoms. The van der Waals surface area contributed by atoms with Gasteiger partial charge in [-0.1, -0.05) is 11.6 Å². The second-order valence-corrected chi connectivity index (χ2v) is 6.91. The lowest BCUT2D eigenvalue weighted by atomic mass is 10.2. The number of rotatable bonds is 6. The van der Waals surface area contributed by atoms with Gasteiger partial charge in [0.25, 0.3) is 0 Å². The lowest BCUT2D eigenvalue weighted by molar-refractivity contribution is 0.0928. The zero-order chi connectivity index (χ0) is 20.3. The quantitative estimate of drug-likeness (QED) is 0.561. The number of likely N-dealkylation sites (N-methyl/N-ethyl adjacent to an activating group) is 1. The predicted molar refractivity (Wildman–Crippen MR) is 108 cm³/mol. The second-order valence-electron chi connectivity index (χ2n) is 6.47. The summed E-state index contributed by atoms with van der Waals surface area (Å²) >= 11 is 6.17. The molecule has 2 aromatic carbocycles. The van der Waals surface area contributed by atoms with Gasteiger partial charge in [-0.3, -0.25) is 0 Å². The minimum Gasteiger partial charge on any atom is -0.489 e. The number of carbonyl (C=O) groups is 1. The molecule has 28 heavy (non-hydrogen) atoms. The van der Waals surface area contributed by atoms with E-state index in [0.29, 0.717) is 17.4 Å². The van der Waals surface area contributed by atoms with Crippen LogP contribution in [-0.4, -0.2) is 41.9 Å². The largest absolute Gasteiger partial charge is 0.489 e. The summed E-state index contributed by atoms with van der Waals surface area (Å²) in [5.74, 6) is 0.335. The maximum Gasteiger partial charge on any atom is 0.409 e. The minimum atomic E-state index is -0.393. The molecule has 5 nitrogen and oxygen atoms in total. The van der Waals surface area contributed by atoms with Gasteiger partial charge in [0.2, 0.25) is 0 Å². The molecule has 0 unspecified atom stereocenters. The minimum absolute atomic E-state index is 0.192. The van der Waals surface area contributed by atoms with E-state index >= 15 is 0 Å². The van der Waals surface area contributed by atoms with Gasteiger partial charge < -0.3 is 18.9 Å². The highest BCUT2D eigenvalue weighted by molar-refractivity contribution is 6.31. The SMILES string of the molecule is CCOC(=O)N(C)[C@@H](C)COc1cn(-c2ccc(F)cc2)c2ccc(Cl)cc12. The second kappa shape index (κ2) is 8.52. The van der Waals surface area contributed by atoms with Crippen LogP contribution in [0.15, 0.2) is 48.7 Å². The maximum absolute atomic E-state index is 13.3. The van der Waals surface area contributed by atoms with E-state index in [1.165, 1.54) is 17.0 Å². The molecule has 148 valence electrons. The Morgan fingerprint density at radius 2 is 1.96 bits per heavy atom. The van der Waals surface area contributed by atoms with Crippen molar-refractivity contribution in [2.75, 3.05) is 20.3 Å². The van der Waals surface area contributed by atoms with Crippen LogP contribution in [0.2, 0.25) is 5.02 Å². The van der Waals surface area contributed by atoms with E-state index in [2.05, 4.69) is 0 Å². The standard InChI is InChI=1S/C21H22ClFN2O3/c1-4-27-21(26)24(3)14(2)13-28-20-12-25(17-8-6-16(23)7-9-17)19-10-5-15(22)11-18(19)20/h5-12,14H,4,13H2,1-3H3/t14-/m0/s1. The monoisotopic (exact) mass is 404 g/mol. The Morgan fingerprint density at radius 3 is 2.64 bits per heavy atom. The molecule has 3 aromatic rings. The molecule has 0 N–H and O–H groups in total. The molecule has 1 heterocycles. The van der Waals surface area contributed by atoms with E-state index in [0.717, 1.165) is 16.6 Å². The number of aromatic nitrogens is 1. The highest BCUT2D eigenvalue weighted by Gasteiger charge is 2.19. The van der Waals surface area contributed by atoms with Gasteiger partial charge in [0.05, 0.1) is 24.4 Å². The summed E-state index contributed by atoms with van der Waals surface area (Å²) in [6.45, 7) is 4.24. The first kappa shape index (κ1) is 20.0. The molecule has 0 aliphatic rings. The van der Waals surface area contributed by atoms with Crippen LogP contribution in [0.3, 0.4) is 0 Å². The Morgan fingerprint density at radius 1 is 1.25 bits per heavy atom. The third-order valence-corrected chi connectivity index (χ3v) is 4.77. The molecule has 1 atom stereocenters. The number of fused-ring (bicyclic) bond motifs is 1. The lowest BCUT2D eigenvalue weighted by Gasteiger charge is -2.23. The highest BCUT2D eigenvalue weighted by atomic mass is 35.5. The molecule has 0 spiro atoms. The summed E-state index contributed by atoms with van der Waals surface area (Å²) < 4.78 is 26.2. The van der Waals surface area contributed by atoms with Crippen LogP contribution in [0.1, 0.15) is 13.8 Å². The summed E-state index contributed by atoms with van der Waals surface area (Å²) in [6.07, 6.45) is 1.45. The average molecular weight is 405 g/mol. The van der Waals surface area contributed by atoms with Crippen molar-refractivity contribution < 1.29 is 18.7 Å². The van der Waals surface area contributed by atoms with Crippen LogP contribution in [-0.2, 0) is 4.74 Å². The van der Waals surface area contributed by atoms with Gasteiger partial charge in [-0.05, 0) is 56.3 Å². The first-order chi connectivity index (χ1) is 13.4. The van der Waals surface area contributed by atoms with Gasteiger partial charge in [0.1, 0.15) is 18.2 Å². The molecule has 0 fully saturated rings. The Bertz CT molecular complexity index is 972. The number of ether oxygens (including phenoxy) is 2. The van der Waals surface area contributed by atoms with Gasteiger partial charge in [-0.2, -0.15) is 0 Å². The third-order valence-electron chi connectivity index (χ3n) is 4.53. The van der Waals surface area contributed by atoms with E-state index in [-0.39, 0.29) is 18.5 Å². The predicted octanol–water partition coefficient (Wildman–Crippen LogP) is 5.28. The number of halogens is 2. The van der Waals surface area contributed by atoms with Crippen LogP contribution in [0.5, 0.6) is 5.75 Å². The van der Waals surface area contributed by atoms with Crippen molar-refractivity contribution >= 4 is 28.6 Å². The topological polar surface area (TPSA) is 43.7 Å². The van der Waals surface area contributed by atoms with Crippen LogP contribution < -0.4 is 4.74 Å². The molecule has 0 aliphatic carbocycles. The summed E-state index contributed by atoms with van der Waals surface area (Å²) in [6, 6.07) is 11.5. The summed E-state index contributed by atoms with van der Waals surface area (Å²) in [4.78, 5) is 13.4. The van der Waals surface area contributed by atoms with Gasteiger partial charge in [0, 0.05) is 23.1 Å². The molecule has 1 aromatic heterocycles. The number of hydrogen-bond acceptors (Lipinski definition) is 3. The molecule has 0 saturated heterocycles. The van der Waals surface area contributed by atoms with E-state index in [9.17, 15) is 9.18 Å². The zero-order valence-corrected chi connectivity index (χ0v) is 16.7. The third kappa shape index (κ3) is 4.22. The number of amides is 1. The summed E-state index contributed by atoms with van der Waals surface area (Å²) in [7, 11) is 1.67. The Kier molecular flexibility index (Phi) is 6.09. The molecule has 0 radical (unpaired) electrons. The number of nitrogens with zero attached hydrogens (tertiary/aromatic N) is 2. The van der Waals surface area contributed by atoms with Crippen molar-refractivity contribution in [2.45, 2.75) is 19.9 Å². The molecule has 0 aliphatic heterocycles. The van der Waals surface area contributed by atoms with Crippen molar-refractivity contribution in [1.29, 1.82) is 0 Å². The maximum atomic E-state index is 13.3. The van der Waals surface area contributed by atoms with Crippen LogP contribution >= 0.6 is 11.6 Å². The fourth-order valence-corrected chi connectivity index (χ4v) is 3.00. The average Bonchev–Trinajstić information content (AvgIpc) is 3.04. The molecule has 0 saturated carbocycles. The first-order valence-electron chi connectivity index (χ1n) is 8.99. The lowest BCUT2D eigenvalue weighted by Crippen LogP contribution is -2.39. The van der Waals surface area contributed by atoms with Crippen molar-refractivity contribution in [1.82, 2.24) is 9.47 Å². The number of benzene rings is 2. The van der Waals surface area contributed by atoms with Gasteiger partial charge in [-0.15, -0.1) is 0 Å². The Labute approximate surface area is 168 Å². The zero-order valence-electron chi connectivity index (χ0n) is 16.0. The Balaban J connectivity index is 1.88. The normalized spacial score (nSPS) is 12.0. The Hall–Kier alpha value is -2.73. The fourth-order valence-electron chi connectivity index (χ4n) is 2.83. The molecule has 3 rings (SSSR count). The van der Waals surface area contributed by atoms with Crippen molar-refractivity contribution in [3.05, 3.63) is 59.5 Å². The van der Waals surface area contributed by atoms with Crippen molar-refractivity contribution in [3.8, 4) is 11.4 Å². The van der Waals surface area contributed by atoms with E-state index in [4.69, 9.17) is 21.1 Å². The summed E-state index contributed by atoms with van der Waals surface area (Å²) in [5, 5.41) is 1.42. The van der Waals surface area contributed by atoms with Crippen molar-refractivity contribution in [3.63, 3.8) is 0 Å². The molecule has 7 heteroatoms. The first-order valence-corrected chi connectivity index (χ1v) is 9.37. The van der Waals surface area contributed by atoms with Crippen LogP contribution in [0.4, 0.5) is 9.18 Å². The molecular weight excluding hydrogens is 383 g/mol. The molecule has 1 amide bonds. The van der Waals surface area contributed by atoms with Crippen LogP contribution in [0, 0.1) is 5.82 Å². The van der Waals surface area contributed by atoms with E-state index in [1.807, 2.05) is 29.8 Å². The van der Waals surface area contributed by atoms with Crippen molar-refractivity contribution in [2.24, 2.45) is 0 Å². The fraction of sp³-hybridized carbons (Fsp3) is 0.286. The molecular formula is C21H22ClFN2O3. The number of carbonyl (C=O) groups excluding carboxylic acids is 1. The number of hydrogen-bond donors (Lipinski definition) is 0. The van der Waals surface area contributed by atoms with Crippen LogP contribution in [0.25, 0.3) is 16.6 Å². The van der Waals surface area contributed by atoms with Gasteiger partial charge in [0.15, 0.2) is 0 Å². The highest BCUT2D eigenvalue weighted by Crippen LogP contribution is 2.33. The smallest absolute Gasteiger partial charge is 0.409 e. The van der Waals surface area contributed by atoms with Gasteiger partial charge >= 0.3 is 6.09 Å². The summed E-state index contributed by atoms with van der Waals surface area (Å²) in [5.41, 5.74) is 1.69. The van der Waals surface area contributed by atoms with E-state index in [1.54, 1.807) is 32.2 Å². The van der Waals surface area contributed by atoms with E-state index < -0.39 is 6.09 Å².